The topological polar surface area (TPSA) is 105 Å². The van der Waals surface area contributed by atoms with Gasteiger partial charge in [0.25, 0.3) is 0 Å². The van der Waals surface area contributed by atoms with E-state index in [1.54, 1.807) is 13.8 Å². The van der Waals surface area contributed by atoms with E-state index in [0.29, 0.717) is 26.2 Å². The van der Waals surface area contributed by atoms with E-state index in [2.05, 4.69) is 13.2 Å². The summed E-state index contributed by atoms with van der Waals surface area (Å²) in [5.74, 6) is -2.16. The number of allylic oxidation sites excluding steroid dienone is 2. The molecule has 0 saturated carbocycles. The highest BCUT2D eigenvalue weighted by Gasteiger charge is 2.44. The SMILES string of the molecule is C=CCCCOCC(O)COCCOC(C)(F)COC(C)(C)C(C)(F)CCOC(C)(C)CCOCC(O)COCCCC=C. The smallest absolute Gasteiger partial charge is 0.230 e. The zero-order valence-corrected chi connectivity index (χ0v) is 28.3. The fourth-order valence-corrected chi connectivity index (χ4v) is 3.66. The van der Waals surface area contributed by atoms with Gasteiger partial charge in [0.15, 0.2) is 0 Å². The van der Waals surface area contributed by atoms with E-state index in [0.717, 1.165) is 25.7 Å². The lowest BCUT2D eigenvalue weighted by Crippen LogP contribution is -2.49. The van der Waals surface area contributed by atoms with Crippen molar-refractivity contribution in [1.29, 1.82) is 0 Å². The molecule has 0 heterocycles. The molecule has 4 atom stereocenters. The Balaban J connectivity index is 4.25. The lowest BCUT2D eigenvalue weighted by molar-refractivity contribution is -0.221. The van der Waals surface area contributed by atoms with Gasteiger partial charge in [-0.15, -0.1) is 13.2 Å². The Morgan fingerprint density at radius 3 is 1.59 bits per heavy atom. The van der Waals surface area contributed by atoms with Gasteiger partial charge in [0.2, 0.25) is 5.85 Å². The maximum Gasteiger partial charge on any atom is 0.230 e. The number of hydrogen-bond acceptors (Lipinski definition) is 9. The predicted molar refractivity (Wildman–Crippen MR) is 168 cm³/mol. The van der Waals surface area contributed by atoms with Crippen molar-refractivity contribution in [3.63, 3.8) is 0 Å². The zero-order chi connectivity index (χ0) is 33.5. The van der Waals surface area contributed by atoms with Crippen LogP contribution in [0, 0.1) is 0 Å². The molecule has 44 heavy (non-hydrogen) atoms. The van der Waals surface area contributed by atoms with Crippen LogP contribution < -0.4 is 0 Å². The van der Waals surface area contributed by atoms with Crippen LogP contribution >= 0.6 is 0 Å². The molecule has 0 aromatic heterocycles. The Labute approximate surface area is 265 Å². The molecule has 0 aromatic rings. The molecule has 0 aliphatic carbocycles. The van der Waals surface area contributed by atoms with Gasteiger partial charge < -0.3 is 43.4 Å². The monoisotopic (exact) mass is 640 g/mol. The van der Waals surface area contributed by atoms with Crippen LogP contribution in [0.5, 0.6) is 0 Å². The molecule has 0 saturated heterocycles. The minimum absolute atomic E-state index is 0.0319. The van der Waals surface area contributed by atoms with E-state index in [4.69, 9.17) is 33.2 Å². The first-order valence-corrected chi connectivity index (χ1v) is 15.8. The number of rotatable bonds is 31. The van der Waals surface area contributed by atoms with E-state index in [-0.39, 0.29) is 52.7 Å². The van der Waals surface area contributed by atoms with Crippen LogP contribution in [0.15, 0.2) is 25.3 Å². The average molecular weight is 641 g/mol. The van der Waals surface area contributed by atoms with Crippen molar-refractivity contribution in [1.82, 2.24) is 0 Å². The van der Waals surface area contributed by atoms with Crippen LogP contribution in [0.3, 0.4) is 0 Å². The normalized spacial score (nSPS) is 16.7. The summed E-state index contributed by atoms with van der Waals surface area (Å²) in [5.41, 5.74) is -3.72. The van der Waals surface area contributed by atoms with Crippen LogP contribution in [0.1, 0.15) is 80.1 Å². The van der Waals surface area contributed by atoms with Crippen LogP contribution in [0.2, 0.25) is 0 Å². The molecule has 0 aromatic carbocycles. The summed E-state index contributed by atoms with van der Waals surface area (Å²) in [7, 11) is 0. The number of aliphatic hydroxyl groups is 2. The second-order valence-corrected chi connectivity index (χ2v) is 12.5. The molecule has 0 fully saturated rings. The van der Waals surface area contributed by atoms with Crippen LogP contribution in [-0.4, -0.2) is 118 Å². The summed E-state index contributed by atoms with van der Waals surface area (Å²) < 4.78 is 69.0. The van der Waals surface area contributed by atoms with Crippen molar-refractivity contribution < 1.29 is 52.2 Å². The Hall–Kier alpha value is -1.02. The Kier molecular flexibility index (Phi) is 22.8. The van der Waals surface area contributed by atoms with Gasteiger partial charge >= 0.3 is 0 Å². The Bertz CT molecular complexity index is 732. The summed E-state index contributed by atoms with van der Waals surface area (Å²) in [4.78, 5) is 0. The standard InChI is InChI=1S/C33H62F2O9/c1-9-11-13-17-38-23-28(36)25-40-19-15-30(3,4)42-20-16-32(7,34)31(5,6)44-27-33(8,35)43-22-21-41-26-29(37)24-39-18-14-12-10-2/h9-10,28-29,36-37H,1-2,11-27H2,3-8H3. The molecule has 11 heteroatoms. The lowest BCUT2D eigenvalue weighted by atomic mass is 9.86. The van der Waals surface area contributed by atoms with Crippen molar-refractivity contribution >= 4 is 0 Å². The minimum atomic E-state index is -2.16. The van der Waals surface area contributed by atoms with Crippen molar-refractivity contribution in [2.45, 2.75) is 115 Å². The summed E-state index contributed by atoms with van der Waals surface area (Å²) in [6, 6.07) is 0. The number of alkyl halides is 2. The molecule has 0 spiro atoms. The number of hydrogen-bond donors (Lipinski definition) is 2. The highest BCUT2D eigenvalue weighted by Crippen LogP contribution is 2.34. The van der Waals surface area contributed by atoms with Gasteiger partial charge in [-0.25, -0.2) is 8.78 Å². The van der Waals surface area contributed by atoms with Gasteiger partial charge in [-0.1, -0.05) is 12.2 Å². The highest BCUT2D eigenvalue weighted by atomic mass is 19.2. The Morgan fingerprint density at radius 2 is 1.09 bits per heavy atom. The molecule has 262 valence electrons. The fraction of sp³-hybridized carbons (Fsp3) is 0.879. The fourth-order valence-electron chi connectivity index (χ4n) is 3.66. The highest BCUT2D eigenvalue weighted by molar-refractivity contribution is 4.93. The largest absolute Gasteiger partial charge is 0.388 e. The third-order valence-electron chi connectivity index (χ3n) is 7.12. The quantitative estimate of drug-likeness (QED) is 0.0750. The number of ether oxygens (including phenoxy) is 7. The third-order valence-corrected chi connectivity index (χ3v) is 7.12. The average Bonchev–Trinajstić information content (AvgIpc) is 2.93. The van der Waals surface area contributed by atoms with E-state index in [1.165, 1.54) is 13.8 Å². The number of halogens is 2. The first-order valence-electron chi connectivity index (χ1n) is 15.8. The summed E-state index contributed by atoms with van der Waals surface area (Å²) in [6.07, 6.45) is 6.15. The zero-order valence-electron chi connectivity index (χ0n) is 28.3. The Morgan fingerprint density at radius 1 is 0.614 bits per heavy atom. The summed E-state index contributed by atoms with van der Waals surface area (Å²) in [6.45, 7) is 18.5. The van der Waals surface area contributed by atoms with E-state index in [9.17, 15) is 14.6 Å². The second-order valence-electron chi connectivity index (χ2n) is 12.5. The van der Waals surface area contributed by atoms with E-state index >= 15 is 4.39 Å². The van der Waals surface area contributed by atoms with Gasteiger partial charge in [-0.3, -0.25) is 0 Å². The van der Waals surface area contributed by atoms with Crippen molar-refractivity contribution in [2.75, 3.05) is 72.7 Å². The maximum atomic E-state index is 15.7. The molecule has 0 aliphatic rings. The molecular weight excluding hydrogens is 578 g/mol. The molecular formula is C33H62F2O9. The molecule has 0 aliphatic heterocycles. The molecule has 2 N–H and O–H groups in total. The molecule has 0 amide bonds. The third kappa shape index (κ3) is 22.5. The summed E-state index contributed by atoms with van der Waals surface area (Å²) in [5, 5.41) is 19.8. The molecule has 4 unspecified atom stereocenters. The van der Waals surface area contributed by atoms with Gasteiger partial charge in [0, 0.05) is 26.2 Å². The van der Waals surface area contributed by atoms with E-state index < -0.39 is 41.5 Å². The van der Waals surface area contributed by atoms with Gasteiger partial charge in [-0.2, -0.15) is 0 Å². The van der Waals surface area contributed by atoms with Crippen LogP contribution in [0.4, 0.5) is 8.78 Å². The maximum absolute atomic E-state index is 15.7. The molecule has 0 rings (SSSR count). The van der Waals surface area contributed by atoms with Crippen molar-refractivity contribution in [3.05, 3.63) is 25.3 Å². The molecule has 9 nitrogen and oxygen atoms in total. The van der Waals surface area contributed by atoms with Crippen LogP contribution in [0.25, 0.3) is 0 Å². The van der Waals surface area contributed by atoms with Gasteiger partial charge in [0.05, 0.1) is 57.5 Å². The first kappa shape index (κ1) is 43.0. The summed E-state index contributed by atoms with van der Waals surface area (Å²) >= 11 is 0. The number of unbranched alkanes of at least 4 members (excludes halogenated alkanes) is 2. The van der Waals surface area contributed by atoms with Crippen molar-refractivity contribution in [3.8, 4) is 0 Å². The predicted octanol–water partition coefficient (Wildman–Crippen LogP) is 5.51. The van der Waals surface area contributed by atoms with Crippen molar-refractivity contribution in [2.24, 2.45) is 0 Å². The van der Waals surface area contributed by atoms with E-state index in [1.807, 2.05) is 26.0 Å². The first-order chi connectivity index (χ1) is 20.6. The minimum Gasteiger partial charge on any atom is -0.388 e. The van der Waals surface area contributed by atoms with Crippen LogP contribution in [-0.2, 0) is 33.2 Å². The van der Waals surface area contributed by atoms with Gasteiger partial charge in [-0.05, 0) is 73.6 Å². The molecule has 0 bridgehead atoms. The molecule has 0 radical (unpaired) electrons. The number of aliphatic hydroxyl groups excluding tert-OH is 2. The second kappa shape index (κ2) is 23.3. The lowest BCUT2D eigenvalue weighted by Gasteiger charge is -2.39. The van der Waals surface area contributed by atoms with Gasteiger partial charge in [0.1, 0.15) is 24.5 Å².